The van der Waals surface area contributed by atoms with Crippen molar-refractivity contribution in [1.29, 1.82) is 0 Å². The molecule has 0 unspecified atom stereocenters. The molecule has 1 aromatic heterocycles. The minimum absolute atomic E-state index is 0.0937. The molecule has 0 aliphatic carbocycles. The van der Waals surface area contributed by atoms with Crippen molar-refractivity contribution >= 4 is 28.6 Å². The lowest BCUT2D eigenvalue weighted by molar-refractivity contribution is -0.274. The molecule has 2 aliphatic heterocycles. The van der Waals surface area contributed by atoms with Gasteiger partial charge in [0.05, 0.1) is 12.6 Å². The molecule has 3 heterocycles. The van der Waals surface area contributed by atoms with Gasteiger partial charge in [0.15, 0.2) is 0 Å². The van der Waals surface area contributed by atoms with E-state index in [1.165, 1.54) is 24.3 Å². The number of H-pyrrole nitrogens is 1. The van der Waals surface area contributed by atoms with Crippen molar-refractivity contribution in [1.82, 2.24) is 20.3 Å². The van der Waals surface area contributed by atoms with Crippen molar-refractivity contribution in [3.05, 3.63) is 65.4 Å². The number of aromatic nitrogens is 1. The lowest BCUT2D eigenvalue weighted by Crippen LogP contribution is -2.63. The first-order chi connectivity index (χ1) is 19.2. The number of amides is 3. The van der Waals surface area contributed by atoms with E-state index in [4.69, 9.17) is 5.21 Å². The first kappa shape index (κ1) is 27.5. The maximum Gasteiger partial charge on any atom is 0.573 e. The molecule has 3 aromatic rings. The second kappa shape index (κ2) is 11.2. The molecule has 3 amide bonds. The van der Waals surface area contributed by atoms with Crippen LogP contribution >= 0.6 is 0 Å². The quantitative estimate of drug-likeness (QED) is 0.207. The number of fused-ring (bicyclic) bond motifs is 4. The van der Waals surface area contributed by atoms with Gasteiger partial charge in [-0.1, -0.05) is 43.2 Å². The van der Waals surface area contributed by atoms with Gasteiger partial charge in [-0.2, -0.15) is 0 Å². The Kier molecular flexibility index (Phi) is 7.70. The largest absolute Gasteiger partial charge is 0.573 e. The number of aromatic amines is 1. The number of nitrogens with zero attached hydrogens (tertiary/aromatic N) is 2. The highest BCUT2D eigenvalue weighted by Crippen LogP contribution is 2.43. The molecule has 2 aliphatic rings. The van der Waals surface area contributed by atoms with Crippen LogP contribution in [0.4, 0.5) is 13.2 Å². The van der Waals surface area contributed by atoms with E-state index in [1.54, 1.807) is 15.3 Å². The van der Waals surface area contributed by atoms with Gasteiger partial charge in [0, 0.05) is 36.0 Å². The predicted octanol–water partition coefficient (Wildman–Crippen LogP) is 4.21. The number of unbranched alkanes of at least 4 members (excludes halogenated alkanes) is 3. The van der Waals surface area contributed by atoms with Crippen molar-refractivity contribution in [2.45, 2.75) is 57.0 Å². The number of ether oxygens (including phenoxy) is 1. The highest BCUT2D eigenvalue weighted by atomic mass is 19.4. The number of halogens is 3. The maximum absolute atomic E-state index is 13.7. The van der Waals surface area contributed by atoms with E-state index in [-0.39, 0.29) is 30.5 Å². The highest BCUT2D eigenvalue weighted by Gasteiger charge is 2.48. The molecule has 40 heavy (non-hydrogen) atoms. The number of benzene rings is 2. The van der Waals surface area contributed by atoms with Gasteiger partial charge in [-0.05, 0) is 42.2 Å². The van der Waals surface area contributed by atoms with Crippen LogP contribution in [0.1, 0.15) is 55.0 Å². The van der Waals surface area contributed by atoms with Crippen molar-refractivity contribution in [3.63, 3.8) is 0 Å². The predicted molar refractivity (Wildman–Crippen MR) is 137 cm³/mol. The molecular formula is C28H29F3N4O5. The first-order valence-corrected chi connectivity index (χ1v) is 13.1. The van der Waals surface area contributed by atoms with Crippen LogP contribution in [-0.2, 0) is 20.8 Å². The Morgan fingerprint density at radius 2 is 1.77 bits per heavy atom. The number of nitrogens with one attached hydrogen (secondary N) is 2. The van der Waals surface area contributed by atoms with Crippen LogP contribution in [0.3, 0.4) is 0 Å². The van der Waals surface area contributed by atoms with E-state index in [9.17, 15) is 27.6 Å². The molecule has 2 aromatic carbocycles. The smallest absolute Gasteiger partial charge is 0.406 e. The van der Waals surface area contributed by atoms with Gasteiger partial charge < -0.3 is 19.5 Å². The third-order valence-corrected chi connectivity index (χ3v) is 7.48. The molecule has 3 N–H and O–H groups in total. The number of piperazine rings is 1. The average molecular weight is 559 g/mol. The normalized spacial score (nSPS) is 19.0. The molecule has 212 valence electrons. The summed E-state index contributed by atoms with van der Waals surface area (Å²) < 4.78 is 42.2. The van der Waals surface area contributed by atoms with Crippen LogP contribution in [0.2, 0.25) is 0 Å². The average Bonchev–Trinajstić information content (AvgIpc) is 3.30. The molecule has 0 saturated carbocycles. The Bertz CT molecular complexity index is 1410. The van der Waals surface area contributed by atoms with Gasteiger partial charge in [-0.15, -0.1) is 13.2 Å². The van der Waals surface area contributed by atoms with Gasteiger partial charge in [0.1, 0.15) is 11.8 Å². The number of carbonyl (C=O) groups excluding carboxylic acids is 3. The monoisotopic (exact) mass is 558 g/mol. The number of hydroxylamine groups is 1. The van der Waals surface area contributed by atoms with Crippen molar-refractivity contribution in [2.75, 3.05) is 13.1 Å². The zero-order chi connectivity index (χ0) is 28.4. The fraction of sp³-hybridized carbons (Fsp3) is 0.393. The summed E-state index contributed by atoms with van der Waals surface area (Å²) in [6, 6.07) is 11.6. The standard InChI is InChI=1S/C28H29F3N4O5/c29-28(30,31)40-18-12-10-17(11-13-18)26-25-20(19-7-4-5-8-21(19)32-25)15-22-27(38)34(16-24(37)35(22)26)14-6-2-1-3-9-23(36)33-39/h4-5,7-8,10-13,22,26,32,39H,1-3,6,9,14-16H2,(H,33,36)/t22-,26+/m1/s1. The first-order valence-electron chi connectivity index (χ1n) is 13.1. The summed E-state index contributed by atoms with van der Waals surface area (Å²) >= 11 is 0. The summed E-state index contributed by atoms with van der Waals surface area (Å²) in [7, 11) is 0. The highest BCUT2D eigenvalue weighted by molar-refractivity contribution is 5.97. The van der Waals surface area contributed by atoms with E-state index in [2.05, 4.69) is 9.72 Å². The van der Waals surface area contributed by atoms with Gasteiger partial charge in [-0.3, -0.25) is 19.6 Å². The molecule has 0 bridgehead atoms. The summed E-state index contributed by atoms with van der Waals surface area (Å²) in [5.74, 6) is -1.22. The second-order valence-corrected chi connectivity index (χ2v) is 10.1. The van der Waals surface area contributed by atoms with E-state index in [0.29, 0.717) is 31.4 Å². The fourth-order valence-electron chi connectivity index (χ4n) is 5.71. The Morgan fingerprint density at radius 3 is 2.50 bits per heavy atom. The maximum atomic E-state index is 13.7. The lowest BCUT2D eigenvalue weighted by Gasteiger charge is -2.47. The summed E-state index contributed by atoms with van der Waals surface area (Å²) in [5, 5.41) is 9.51. The molecule has 1 saturated heterocycles. The molecule has 5 rings (SSSR count). The molecular weight excluding hydrogens is 529 g/mol. The van der Waals surface area contributed by atoms with Crippen LogP contribution in [0.25, 0.3) is 10.9 Å². The summed E-state index contributed by atoms with van der Waals surface area (Å²) in [5.41, 5.74) is 4.66. The van der Waals surface area contributed by atoms with E-state index < -0.39 is 24.4 Å². The zero-order valence-electron chi connectivity index (χ0n) is 21.5. The Labute approximate surface area is 227 Å². The third-order valence-electron chi connectivity index (χ3n) is 7.48. The third kappa shape index (κ3) is 5.62. The van der Waals surface area contributed by atoms with Gasteiger partial charge >= 0.3 is 6.36 Å². The van der Waals surface area contributed by atoms with Crippen molar-refractivity contribution < 1.29 is 37.5 Å². The number of alkyl halides is 3. The number of hydrogen-bond donors (Lipinski definition) is 3. The van der Waals surface area contributed by atoms with Gasteiger partial charge in [0.25, 0.3) is 0 Å². The second-order valence-electron chi connectivity index (χ2n) is 10.1. The Morgan fingerprint density at radius 1 is 1.05 bits per heavy atom. The fourth-order valence-corrected chi connectivity index (χ4v) is 5.71. The van der Waals surface area contributed by atoms with E-state index in [0.717, 1.165) is 35.0 Å². The van der Waals surface area contributed by atoms with Crippen LogP contribution in [0.15, 0.2) is 48.5 Å². The number of hydrogen-bond acceptors (Lipinski definition) is 5. The number of carbonyl (C=O) groups is 3. The molecule has 9 nitrogen and oxygen atoms in total. The van der Waals surface area contributed by atoms with Gasteiger partial charge in [0.2, 0.25) is 17.7 Å². The van der Waals surface area contributed by atoms with Crippen LogP contribution in [0, 0.1) is 0 Å². The zero-order valence-corrected chi connectivity index (χ0v) is 21.5. The number of rotatable bonds is 9. The molecule has 0 radical (unpaired) electrons. The lowest BCUT2D eigenvalue weighted by atomic mass is 9.86. The van der Waals surface area contributed by atoms with Crippen molar-refractivity contribution in [3.8, 4) is 5.75 Å². The summed E-state index contributed by atoms with van der Waals surface area (Å²) in [6.45, 7) is 0.305. The SMILES string of the molecule is O=C(CCCCCCN1CC(=O)N2[C@@H](c3ccc(OC(F)(F)F)cc3)c3[nH]c4ccccc4c3C[C@@H]2C1=O)NO. The topological polar surface area (TPSA) is 115 Å². The minimum atomic E-state index is -4.82. The summed E-state index contributed by atoms with van der Waals surface area (Å²) in [4.78, 5) is 44.9. The molecule has 12 heteroatoms. The van der Waals surface area contributed by atoms with Crippen molar-refractivity contribution in [2.24, 2.45) is 0 Å². The molecule has 1 fully saturated rings. The molecule has 0 spiro atoms. The Balaban J connectivity index is 1.39. The molecule has 2 atom stereocenters. The Hall–Kier alpha value is -4.06. The summed E-state index contributed by atoms with van der Waals surface area (Å²) in [6.07, 6.45) is -1.52. The van der Waals surface area contributed by atoms with E-state index >= 15 is 0 Å². The minimum Gasteiger partial charge on any atom is -0.406 e. The van der Waals surface area contributed by atoms with Crippen LogP contribution in [0.5, 0.6) is 5.75 Å². The van der Waals surface area contributed by atoms with Crippen LogP contribution < -0.4 is 10.2 Å². The van der Waals surface area contributed by atoms with E-state index in [1.807, 2.05) is 24.3 Å². The van der Waals surface area contributed by atoms with Crippen LogP contribution in [-0.4, -0.2) is 63.2 Å². The number of para-hydroxylation sites is 1. The van der Waals surface area contributed by atoms with Gasteiger partial charge in [-0.25, -0.2) is 5.48 Å².